The summed E-state index contributed by atoms with van der Waals surface area (Å²) in [6.45, 7) is 6.42. The molecule has 0 radical (unpaired) electrons. The van der Waals surface area contributed by atoms with Crippen LogP contribution in [0.1, 0.15) is 74.1 Å². The van der Waals surface area contributed by atoms with E-state index in [0.717, 1.165) is 85.8 Å². The summed E-state index contributed by atoms with van der Waals surface area (Å²) in [4.78, 5) is 18.5. The van der Waals surface area contributed by atoms with Gasteiger partial charge in [0.1, 0.15) is 23.2 Å². The van der Waals surface area contributed by atoms with Gasteiger partial charge in [0.15, 0.2) is 29.1 Å². The quantitative estimate of drug-likeness (QED) is 0.266. The van der Waals surface area contributed by atoms with Crippen LogP contribution >= 0.6 is 0 Å². The molecule has 2 aromatic rings. The molecule has 12 aliphatic rings. The number of hydrogen-bond acceptors (Lipinski definition) is 9. The van der Waals surface area contributed by atoms with Gasteiger partial charge in [-0.3, -0.25) is 14.6 Å². The van der Waals surface area contributed by atoms with Crippen molar-refractivity contribution in [1.29, 1.82) is 0 Å². The molecule has 3 spiro atoms. The summed E-state index contributed by atoms with van der Waals surface area (Å²) in [6, 6.07) is 9.58. The lowest BCUT2D eigenvalue weighted by atomic mass is 9.37. The number of fused-ring (bicyclic) bond motifs is 1. The van der Waals surface area contributed by atoms with Crippen LogP contribution in [0.4, 0.5) is 0 Å². The average molecular weight is 773 g/mol. The van der Waals surface area contributed by atoms with Gasteiger partial charge in [0.2, 0.25) is 0 Å². The summed E-state index contributed by atoms with van der Waals surface area (Å²) < 4.78 is 36.8. The van der Waals surface area contributed by atoms with Crippen LogP contribution in [0.5, 0.6) is 23.0 Å². The minimum atomic E-state index is -0.713. The van der Waals surface area contributed by atoms with Crippen molar-refractivity contribution in [3.63, 3.8) is 0 Å². The zero-order valence-corrected chi connectivity index (χ0v) is 34.1. The Morgan fingerprint density at radius 2 is 1.47 bits per heavy atom. The molecule has 9 nitrogen and oxygen atoms in total. The van der Waals surface area contributed by atoms with Crippen molar-refractivity contribution in [1.82, 2.24) is 9.80 Å². The second-order valence-electron chi connectivity index (χ2n) is 19.2. The van der Waals surface area contributed by atoms with E-state index >= 15 is 0 Å². The van der Waals surface area contributed by atoms with Gasteiger partial charge in [0.25, 0.3) is 0 Å². The smallest absolute Gasteiger partial charge is 0.169 e. The number of carbonyl (C=O) groups excluding carboxylic acids is 1. The van der Waals surface area contributed by atoms with Crippen molar-refractivity contribution in [2.45, 2.75) is 105 Å². The van der Waals surface area contributed by atoms with E-state index in [1.165, 1.54) is 66.6 Å². The maximum atomic E-state index is 13.0. The number of ketones is 1. The van der Waals surface area contributed by atoms with Gasteiger partial charge < -0.3 is 28.4 Å². The first-order valence-corrected chi connectivity index (χ1v) is 21.7. The molecule has 6 bridgehead atoms. The number of ether oxygens (including phenoxy) is 6. The third-order valence-electron chi connectivity index (χ3n) is 17.0. The molecule has 8 aliphatic carbocycles. The molecule has 300 valence electrons. The normalized spacial score (nSPS) is 39.1. The second kappa shape index (κ2) is 11.9. The van der Waals surface area contributed by atoms with E-state index < -0.39 is 5.60 Å². The van der Waals surface area contributed by atoms with Crippen molar-refractivity contribution in [3.8, 4) is 23.0 Å². The summed E-state index contributed by atoms with van der Waals surface area (Å²) in [7, 11) is 6.96. The molecule has 0 unspecified atom stereocenters. The summed E-state index contributed by atoms with van der Waals surface area (Å²) in [5.74, 6) is 6.25. The standard InChI is InChI=1S/C26H31NO4.C22H25NO3/c1-15(28)18-13-24-8-9-26(18,30-3)23-25(24)10-11-27(14-16-4-5-16)20(24)12-17-6-7-19(29-2)22(31-23)21(17)25;1-24-17-7-5-14-11-16-15-6-8-18(25-2)21-22(15,19(14)20(17)26-21)9-10-23(16)12-13-3-4-13/h6-9,16,18,20,23H,4-5,10-14H2,1-3H3;5-8,13,16,21H,3-4,9-12H2,1-2H3/t18-,20-,23-,24-,25+,26-;16-,21+,22+/m11/s1. The Hall–Kier alpha value is -3.79. The summed E-state index contributed by atoms with van der Waals surface area (Å²) in [5.41, 5.74) is 6.08. The number of likely N-dealkylation sites (tertiary alicyclic amines) is 2. The van der Waals surface area contributed by atoms with E-state index in [1.807, 2.05) is 0 Å². The Labute approximate surface area is 336 Å². The fourth-order valence-electron chi connectivity index (χ4n) is 14.2. The number of methoxy groups -OCH3 is 4. The van der Waals surface area contributed by atoms with Crippen LogP contribution in [0.25, 0.3) is 0 Å². The molecule has 0 amide bonds. The molecule has 2 saturated heterocycles. The molecule has 9 atom stereocenters. The van der Waals surface area contributed by atoms with Crippen molar-refractivity contribution >= 4 is 5.78 Å². The molecule has 5 fully saturated rings. The molecule has 3 saturated carbocycles. The zero-order valence-electron chi connectivity index (χ0n) is 34.1. The third-order valence-corrected chi connectivity index (χ3v) is 17.0. The molecule has 9 heteroatoms. The van der Waals surface area contributed by atoms with Gasteiger partial charge in [-0.2, -0.15) is 0 Å². The molecular weight excluding hydrogens is 717 g/mol. The van der Waals surface area contributed by atoms with Crippen LogP contribution in [0, 0.1) is 23.2 Å². The lowest BCUT2D eigenvalue weighted by Gasteiger charge is -2.71. The highest BCUT2D eigenvalue weighted by Gasteiger charge is 2.79. The van der Waals surface area contributed by atoms with Gasteiger partial charge >= 0.3 is 0 Å². The van der Waals surface area contributed by atoms with Crippen LogP contribution in [0.3, 0.4) is 0 Å². The maximum absolute atomic E-state index is 13.0. The minimum absolute atomic E-state index is 0.0524. The first-order valence-electron chi connectivity index (χ1n) is 21.7. The molecule has 0 aromatic heterocycles. The Bertz CT molecular complexity index is 2190. The zero-order chi connectivity index (χ0) is 38.6. The number of nitrogens with zero attached hydrogens (tertiary/aromatic N) is 2. The third kappa shape index (κ3) is 4.29. The number of benzene rings is 2. The van der Waals surface area contributed by atoms with Gasteiger partial charge in [0.05, 0.1) is 38.1 Å². The first kappa shape index (κ1) is 35.2. The topological polar surface area (TPSA) is 78.9 Å². The average Bonchev–Trinajstić information content (AvgIpc) is 4.16. The van der Waals surface area contributed by atoms with Gasteiger partial charge in [-0.1, -0.05) is 30.4 Å². The van der Waals surface area contributed by atoms with Crippen LogP contribution in [-0.2, 0) is 37.9 Å². The van der Waals surface area contributed by atoms with Crippen LogP contribution in [0.15, 0.2) is 59.9 Å². The number of piperidine rings is 2. The SMILES string of the molecule is COC1=CC=C2[C@H]3Cc4ccc(OC)c5c4[C@@]2(CCN3CC2CC2)[C@H]1O5.COc1ccc2c3c1O[C@H]1[C@@]4(OC)C=C[C@@]5(C[C@@H]4C(C)=O)[C@@H](C2)N(CC2CC2)CC[C@]315. The lowest BCUT2D eigenvalue weighted by Crippen LogP contribution is -2.79. The predicted octanol–water partition coefficient (Wildman–Crippen LogP) is 6.49. The number of Topliss-reactive ketones (excluding diaryl/α,β-unsaturated/α-hetero) is 1. The summed E-state index contributed by atoms with van der Waals surface area (Å²) in [6.07, 6.45) is 19.5. The monoisotopic (exact) mass is 772 g/mol. The van der Waals surface area contributed by atoms with Crippen LogP contribution < -0.4 is 18.9 Å². The van der Waals surface area contributed by atoms with E-state index in [1.54, 1.807) is 35.4 Å². The lowest BCUT2D eigenvalue weighted by molar-refractivity contribution is -0.214. The Morgan fingerprint density at radius 3 is 2.14 bits per heavy atom. The molecule has 14 rings (SSSR count). The number of carbonyl (C=O) groups is 1. The van der Waals surface area contributed by atoms with E-state index in [0.29, 0.717) is 12.1 Å². The Balaban J connectivity index is 0.000000127. The van der Waals surface area contributed by atoms with E-state index in [2.05, 4.69) is 58.4 Å². The minimum Gasteiger partial charge on any atom is -0.497 e. The number of rotatable bonds is 9. The van der Waals surface area contributed by atoms with E-state index in [4.69, 9.17) is 28.4 Å². The van der Waals surface area contributed by atoms with E-state index in [9.17, 15) is 4.79 Å². The highest BCUT2D eigenvalue weighted by atomic mass is 16.6. The molecule has 4 heterocycles. The fourth-order valence-corrected chi connectivity index (χ4v) is 14.2. The predicted molar refractivity (Wildman–Crippen MR) is 214 cm³/mol. The van der Waals surface area contributed by atoms with E-state index in [-0.39, 0.29) is 40.2 Å². The van der Waals surface area contributed by atoms with Crippen LogP contribution in [0.2, 0.25) is 0 Å². The molecule has 0 N–H and O–H groups in total. The highest BCUT2D eigenvalue weighted by molar-refractivity contribution is 5.82. The van der Waals surface area contributed by atoms with Gasteiger partial charge in [-0.05, 0) is 118 Å². The molecule has 2 aromatic carbocycles. The van der Waals surface area contributed by atoms with Crippen molar-refractivity contribution in [3.05, 3.63) is 82.2 Å². The number of hydrogen-bond donors (Lipinski definition) is 0. The first-order chi connectivity index (χ1) is 27.8. The second-order valence-corrected chi connectivity index (χ2v) is 19.2. The molecule has 57 heavy (non-hydrogen) atoms. The maximum Gasteiger partial charge on any atom is 0.169 e. The fraction of sp³-hybridized carbons (Fsp3) is 0.604. The largest absolute Gasteiger partial charge is 0.497 e. The molecule has 4 aliphatic heterocycles. The number of allylic oxidation sites excluding steroid dienone is 2. The van der Waals surface area contributed by atoms with Gasteiger partial charge in [-0.25, -0.2) is 0 Å². The van der Waals surface area contributed by atoms with Crippen molar-refractivity contribution in [2.24, 2.45) is 23.2 Å². The molecular formula is C48H56N2O7. The summed E-state index contributed by atoms with van der Waals surface area (Å²) >= 11 is 0. The van der Waals surface area contributed by atoms with Crippen molar-refractivity contribution < 1.29 is 33.2 Å². The van der Waals surface area contributed by atoms with Crippen molar-refractivity contribution in [2.75, 3.05) is 54.6 Å². The summed E-state index contributed by atoms with van der Waals surface area (Å²) in [5, 5.41) is 0. The van der Waals surface area contributed by atoms with Gasteiger partial charge in [-0.15, -0.1) is 0 Å². The highest BCUT2D eigenvalue weighted by Crippen LogP contribution is 2.75. The Morgan fingerprint density at radius 1 is 0.789 bits per heavy atom. The van der Waals surface area contributed by atoms with Gasteiger partial charge in [0, 0.05) is 55.4 Å². The van der Waals surface area contributed by atoms with Crippen LogP contribution in [-0.4, -0.2) is 100 Å². The Kier molecular flexibility index (Phi) is 7.35.